The second-order valence-electron chi connectivity index (χ2n) is 4.72. The molecule has 112 valence electrons. The fourth-order valence-electron chi connectivity index (χ4n) is 2.13. The van der Waals surface area contributed by atoms with Gasteiger partial charge in [0.1, 0.15) is 5.82 Å². The van der Waals surface area contributed by atoms with E-state index >= 15 is 0 Å². The molecule has 5 heteroatoms. The van der Waals surface area contributed by atoms with E-state index < -0.39 is 0 Å². The molecule has 0 radical (unpaired) electrons. The van der Waals surface area contributed by atoms with Gasteiger partial charge in [-0.15, -0.1) is 0 Å². The molecule has 0 aliphatic rings. The van der Waals surface area contributed by atoms with Gasteiger partial charge in [-0.25, -0.2) is 4.39 Å². The van der Waals surface area contributed by atoms with Crippen LogP contribution in [0.1, 0.15) is 18.9 Å². The summed E-state index contributed by atoms with van der Waals surface area (Å²) in [5.41, 5.74) is 2.23. The lowest BCUT2D eigenvalue weighted by molar-refractivity contribution is 0.625. The Morgan fingerprint density at radius 2 is 1.71 bits per heavy atom. The van der Waals surface area contributed by atoms with Crippen LogP contribution in [0.4, 0.5) is 4.39 Å². The van der Waals surface area contributed by atoms with E-state index in [9.17, 15) is 4.39 Å². The van der Waals surface area contributed by atoms with Gasteiger partial charge in [0.15, 0.2) is 0 Å². The topological polar surface area (TPSA) is 12.0 Å². The summed E-state index contributed by atoms with van der Waals surface area (Å²) in [6.45, 7) is 3.60. The molecule has 0 amide bonds. The molecule has 0 aromatic heterocycles. The smallest absolute Gasteiger partial charge is 0.123 e. The number of hydrogen-bond donors (Lipinski definition) is 1. The Hall–Kier alpha value is -0.800. The Bertz CT molecular complexity index is 620. The third kappa shape index (κ3) is 4.10. The lowest BCUT2D eigenvalue weighted by Gasteiger charge is -2.14. The summed E-state index contributed by atoms with van der Waals surface area (Å²) in [5, 5.41) is 4.57. The molecule has 0 aliphatic heterocycles. The average molecular weight is 347 g/mol. The molecule has 2 aromatic carbocycles. The summed E-state index contributed by atoms with van der Waals surface area (Å²) in [4.78, 5) is 0. The quantitative estimate of drug-likeness (QED) is 0.659. The van der Waals surface area contributed by atoms with Crippen molar-refractivity contribution in [3.05, 3.63) is 56.8 Å². The normalized spacial score (nSPS) is 10.9. The van der Waals surface area contributed by atoms with Gasteiger partial charge in [0.05, 0.1) is 10.0 Å². The second kappa shape index (κ2) is 7.46. The van der Waals surface area contributed by atoms with Crippen molar-refractivity contribution in [2.45, 2.75) is 19.9 Å². The largest absolute Gasteiger partial charge is 0.313 e. The molecular weight excluding hydrogens is 332 g/mol. The van der Waals surface area contributed by atoms with Crippen molar-refractivity contribution in [1.29, 1.82) is 0 Å². The van der Waals surface area contributed by atoms with Gasteiger partial charge < -0.3 is 5.32 Å². The predicted molar refractivity (Wildman–Crippen MR) is 88.9 cm³/mol. The number of benzene rings is 2. The first-order valence-electron chi connectivity index (χ1n) is 6.67. The van der Waals surface area contributed by atoms with Crippen molar-refractivity contribution < 1.29 is 4.39 Å². The summed E-state index contributed by atoms with van der Waals surface area (Å²) < 4.78 is 13.6. The van der Waals surface area contributed by atoms with Gasteiger partial charge in [-0.2, -0.15) is 0 Å². The molecule has 1 N–H and O–H groups in total. The van der Waals surface area contributed by atoms with Gasteiger partial charge in [-0.1, -0.05) is 47.8 Å². The molecule has 2 aromatic rings. The number of hydrogen-bond acceptors (Lipinski definition) is 1. The first-order chi connectivity index (χ1) is 10.0. The van der Waals surface area contributed by atoms with Crippen LogP contribution in [-0.2, 0) is 6.54 Å². The van der Waals surface area contributed by atoms with Crippen LogP contribution in [0, 0.1) is 5.82 Å². The monoisotopic (exact) mass is 345 g/mol. The first kappa shape index (κ1) is 16.6. The Balaban J connectivity index is 2.49. The van der Waals surface area contributed by atoms with Gasteiger partial charge in [0.2, 0.25) is 0 Å². The van der Waals surface area contributed by atoms with E-state index in [-0.39, 0.29) is 5.82 Å². The van der Waals surface area contributed by atoms with Crippen LogP contribution in [-0.4, -0.2) is 6.54 Å². The van der Waals surface area contributed by atoms with Crippen molar-refractivity contribution in [3.8, 4) is 11.1 Å². The SMILES string of the molecule is CCCNCc1ccc(F)cc1-c1c(Cl)cc(Cl)cc1Cl. The first-order valence-corrected chi connectivity index (χ1v) is 7.80. The van der Waals surface area contributed by atoms with Crippen molar-refractivity contribution in [2.75, 3.05) is 6.54 Å². The van der Waals surface area contributed by atoms with Crippen LogP contribution >= 0.6 is 34.8 Å². The average Bonchev–Trinajstić information content (AvgIpc) is 2.40. The van der Waals surface area contributed by atoms with Gasteiger partial charge in [-0.3, -0.25) is 0 Å². The molecule has 0 fully saturated rings. The number of halogens is 4. The van der Waals surface area contributed by atoms with Crippen molar-refractivity contribution in [2.24, 2.45) is 0 Å². The van der Waals surface area contributed by atoms with Crippen LogP contribution in [0.5, 0.6) is 0 Å². The maximum Gasteiger partial charge on any atom is 0.123 e. The summed E-state index contributed by atoms with van der Waals surface area (Å²) in [6, 6.07) is 7.85. The maximum absolute atomic E-state index is 13.6. The molecule has 0 atom stereocenters. The van der Waals surface area contributed by atoms with Crippen LogP contribution in [0.3, 0.4) is 0 Å². The van der Waals surface area contributed by atoms with E-state index in [1.165, 1.54) is 12.1 Å². The second-order valence-corrected chi connectivity index (χ2v) is 5.97. The highest BCUT2D eigenvalue weighted by Crippen LogP contribution is 2.39. The molecule has 0 unspecified atom stereocenters. The predicted octanol–water partition coefficient (Wildman–Crippen LogP) is 5.95. The number of rotatable bonds is 5. The van der Waals surface area contributed by atoms with Gasteiger partial charge >= 0.3 is 0 Å². The van der Waals surface area contributed by atoms with Gasteiger partial charge in [0, 0.05) is 17.1 Å². The van der Waals surface area contributed by atoms with E-state index in [0.29, 0.717) is 32.7 Å². The van der Waals surface area contributed by atoms with Crippen molar-refractivity contribution >= 4 is 34.8 Å². The summed E-state index contributed by atoms with van der Waals surface area (Å²) in [6.07, 6.45) is 1.03. The Labute approximate surface area is 139 Å². The van der Waals surface area contributed by atoms with E-state index in [1.807, 2.05) is 0 Å². The lowest BCUT2D eigenvalue weighted by Crippen LogP contribution is -2.14. The molecule has 2 rings (SSSR count). The molecule has 0 heterocycles. The van der Waals surface area contributed by atoms with Gasteiger partial charge in [0.25, 0.3) is 0 Å². The Kier molecular flexibility index (Phi) is 5.88. The zero-order valence-electron chi connectivity index (χ0n) is 11.5. The highest BCUT2D eigenvalue weighted by atomic mass is 35.5. The zero-order valence-corrected chi connectivity index (χ0v) is 13.8. The van der Waals surface area contributed by atoms with Crippen LogP contribution in [0.15, 0.2) is 30.3 Å². The minimum atomic E-state index is -0.327. The number of nitrogens with one attached hydrogen (secondary N) is 1. The minimum Gasteiger partial charge on any atom is -0.313 e. The lowest BCUT2D eigenvalue weighted by atomic mass is 9.99. The molecular formula is C16H15Cl3FN. The molecule has 0 saturated carbocycles. The van der Waals surface area contributed by atoms with Crippen LogP contribution < -0.4 is 5.32 Å². The molecule has 21 heavy (non-hydrogen) atoms. The van der Waals surface area contributed by atoms with Crippen molar-refractivity contribution in [3.63, 3.8) is 0 Å². The summed E-state index contributed by atoms with van der Waals surface area (Å²) in [7, 11) is 0. The molecule has 0 saturated heterocycles. The van der Waals surface area contributed by atoms with Crippen LogP contribution in [0.25, 0.3) is 11.1 Å². The standard InChI is InChI=1S/C16H15Cl3FN/c1-2-5-21-9-10-3-4-12(20)8-13(10)16-14(18)6-11(17)7-15(16)19/h3-4,6-8,21H,2,5,9H2,1H3. The molecule has 1 nitrogen and oxygen atoms in total. The fourth-order valence-corrected chi connectivity index (χ4v) is 3.16. The third-order valence-electron chi connectivity index (χ3n) is 3.09. The van der Waals surface area contributed by atoms with Gasteiger partial charge in [-0.05, 0) is 48.4 Å². The Morgan fingerprint density at radius 1 is 1.05 bits per heavy atom. The van der Waals surface area contributed by atoms with E-state index in [2.05, 4.69) is 12.2 Å². The highest BCUT2D eigenvalue weighted by Gasteiger charge is 2.14. The third-order valence-corrected chi connectivity index (χ3v) is 3.90. The zero-order chi connectivity index (χ0) is 15.4. The van der Waals surface area contributed by atoms with E-state index in [0.717, 1.165) is 18.5 Å². The minimum absolute atomic E-state index is 0.327. The fraction of sp³-hybridized carbons (Fsp3) is 0.250. The van der Waals surface area contributed by atoms with E-state index in [4.69, 9.17) is 34.8 Å². The van der Waals surface area contributed by atoms with Crippen LogP contribution in [0.2, 0.25) is 15.1 Å². The molecule has 0 spiro atoms. The van der Waals surface area contributed by atoms with Crippen molar-refractivity contribution in [1.82, 2.24) is 5.32 Å². The molecule has 0 aliphatic carbocycles. The Morgan fingerprint density at radius 3 is 2.33 bits per heavy atom. The summed E-state index contributed by atoms with van der Waals surface area (Å²) >= 11 is 18.4. The highest BCUT2D eigenvalue weighted by molar-refractivity contribution is 6.41. The maximum atomic E-state index is 13.6. The molecule has 0 bridgehead atoms. The summed E-state index contributed by atoms with van der Waals surface area (Å²) in [5.74, 6) is -0.327. The van der Waals surface area contributed by atoms with E-state index in [1.54, 1.807) is 18.2 Å².